The van der Waals surface area contributed by atoms with Gasteiger partial charge in [0.2, 0.25) is 0 Å². The van der Waals surface area contributed by atoms with Gasteiger partial charge in [0.25, 0.3) is 0 Å². The summed E-state index contributed by atoms with van der Waals surface area (Å²) in [5.41, 5.74) is 1.88. The van der Waals surface area contributed by atoms with Crippen LogP contribution >= 0.6 is 0 Å². The van der Waals surface area contributed by atoms with Gasteiger partial charge in [0.15, 0.2) is 5.43 Å². The van der Waals surface area contributed by atoms with Gasteiger partial charge < -0.3 is 4.98 Å². The van der Waals surface area contributed by atoms with Gasteiger partial charge in [0, 0.05) is 22.7 Å². The molecule has 20 heavy (non-hydrogen) atoms. The first kappa shape index (κ1) is 14.6. The van der Waals surface area contributed by atoms with E-state index in [1.54, 1.807) is 6.07 Å². The maximum absolute atomic E-state index is 12.0. The smallest absolute Gasteiger partial charge is 0.189 e. The van der Waals surface area contributed by atoms with E-state index < -0.39 is 0 Å². The fraction of sp³-hybridized carbons (Fsp3) is 0.389. The highest BCUT2D eigenvalue weighted by Crippen LogP contribution is 2.10. The zero-order chi connectivity index (χ0) is 14.2. The molecule has 0 unspecified atom stereocenters. The van der Waals surface area contributed by atoms with Crippen LogP contribution in [0.3, 0.4) is 0 Å². The number of H-pyrrole nitrogens is 1. The van der Waals surface area contributed by atoms with Gasteiger partial charge in [-0.25, -0.2) is 0 Å². The van der Waals surface area contributed by atoms with Crippen LogP contribution in [0.4, 0.5) is 0 Å². The summed E-state index contributed by atoms with van der Waals surface area (Å²) in [6, 6.07) is 9.31. The fourth-order valence-corrected chi connectivity index (χ4v) is 2.38. The van der Waals surface area contributed by atoms with E-state index in [0.717, 1.165) is 23.0 Å². The number of nitrogens with one attached hydrogen (secondary N) is 1. The average Bonchev–Trinajstić information content (AvgIpc) is 2.46. The maximum atomic E-state index is 12.0. The van der Waals surface area contributed by atoms with Crippen molar-refractivity contribution in [2.75, 3.05) is 0 Å². The first-order valence-corrected chi connectivity index (χ1v) is 7.60. The van der Waals surface area contributed by atoms with Gasteiger partial charge in [0.1, 0.15) is 0 Å². The molecule has 0 saturated carbocycles. The summed E-state index contributed by atoms with van der Waals surface area (Å²) < 4.78 is 0. The highest BCUT2D eigenvalue weighted by atomic mass is 16.1. The Labute approximate surface area is 120 Å². The quantitative estimate of drug-likeness (QED) is 0.712. The Hall–Kier alpha value is -1.83. The number of fused-ring (bicyclic) bond motifs is 1. The van der Waals surface area contributed by atoms with Crippen molar-refractivity contribution in [3.63, 3.8) is 0 Å². The van der Waals surface area contributed by atoms with Crippen LogP contribution in [0.1, 0.15) is 51.1 Å². The lowest BCUT2D eigenvalue weighted by atomic mass is 10.1. The van der Waals surface area contributed by atoms with Gasteiger partial charge in [-0.2, -0.15) is 0 Å². The molecule has 0 bridgehead atoms. The first-order valence-electron chi connectivity index (χ1n) is 7.60. The van der Waals surface area contributed by atoms with Crippen LogP contribution in [0.5, 0.6) is 0 Å². The van der Waals surface area contributed by atoms with Crippen LogP contribution in [0.2, 0.25) is 0 Å². The molecule has 2 aromatic rings. The summed E-state index contributed by atoms with van der Waals surface area (Å²) in [4.78, 5) is 15.2. The number of aromatic amines is 1. The molecule has 1 aromatic carbocycles. The van der Waals surface area contributed by atoms with Crippen molar-refractivity contribution in [1.29, 1.82) is 0 Å². The molecule has 1 N–H and O–H groups in total. The van der Waals surface area contributed by atoms with Crippen LogP contribution < -0.4 is 5.43 Å². The predicted molar refractivity (Wildman–Crippen MR) is 87.0 cm³/mol. The van der Waals surface area contributed by atoms with E-state index in [4.69, 9.17) is 0 Å². The van der Waals surface area contributed by atoms with Gasteiger partial charge >= 0.3 is 0 Å². The second-order valence-electron chi connectivity index (χ2n) is 5.24. The van der Waals surface area contributed by atoms with E-state index in [-0.39, 0.29) is 5.43 Å². The van der Waals surface area contributed by atoms with Gasteiger partial charge in [-0.3, -0.25) is 4.79 Å². The van der Waals surface area contributed by atoms with Crippen molar-refractivity contribution in [1.82, 2.24) is 4.98 Å². The number of benzene rings is 1. The summed E-state index contributed by atoms with van der Waals surface area (Å²) >= 11 is 0. The molecule has 0 aliphatic carbocycles. The highest BCUT2D eigenvalue weighted by Gasteiger charge is 1.98. The third kappa shape index (κ3) is 4.09. The molecule has 2 heteroatoms. The van der Waals surface area contributed by atoms with E-state index in [1.807, 2.05) is 30.3 Å². The Morgan fingerprint density at radius 2 is 1.90 bits per heavy atom. The molecule has 0 aliphatic rings. The number of hydrogen-bond donors (Lipinski definition) is 1. The Balaban J connectivity index is 1.94. The summed E-state index contributed by atoms with van der Waals surface area (Å²) in [5.74, 6) is 0. The lowest BCUT2D eigenvalue weighted by Gasteiger charge is -2.00. The molecular formula is C18H23NO. The number of hydrogen-bond acceptors (Lipinski definition) is 1. The van der Waals surface area contributed by atoms with Crippen molar-refractivity contribution in [2.24, 2.45) is 0 Å². The van der Waals surface area contributed by atoms with Crippen LogP contribution in [-0.2, 0) is 0 Å². The maximum Gasteiger partial charge on any atom is 0.189 e. The predicted octanol–water partition coefficient (Wildman–Crippen LogP) is 4.90. The highest BCUT2D eigenvalue weighted by molar-refractivity contribution is 5.79. The van der Waals surface area contributed by atoms with Gasteiger partial charge in [-0.05, 0) is 31.1 Å². The number of unbranched alkanes of at least 4 members (excludes halogenated alkanes) is 5. The molecule has 0 amide bonds. The minimum absolute atomic E-state index is 0.0851. The Bertz CT molecular complexity index is 625. The van der Waals surface area contributed by atoms with Gasteiger partial charge in [-0.15, -0.1) is 0 Å². The third-order valence-corrected chi connectivity index (χ3v) is 3.53. The van der Waals surface area contributed by atoms with Crippen molar-refractivity contribution in [2.45, 2.75) is 45.4 Å². The molecule has 2 nitrogen and oxygen atoms in total. The summed E-state index contributed by atoms with van der Waals surface area (Å²) in [6.07, 6.45) is 11.7. The van der Waals surface area contributed by atoms with Crippen molar-refractivity contribution < 1.29 is 0 Å². The van der Waals surface area contributed by atoms with Crippen molar-refractivity contribution in [3.8, 4) is 0 Å². The molecule has 0 saturated heterocycles. The lowest BCUT2D eigenvalue weighted by molar-refractivity contribution is 0.638. The van der Waals surface area contributed by atoms with Gasteiger partial charge in [-0.1, -0.05) is 50.8 Å². The normalized spacial score (nSPS) is 11.4. The molecule has 1 aromatic heterocycles. The lowest BCUT2D eigenvalue weighted by Crippen LogP contribution is -2.02. The van der Waals surface area contributed by atoms with Gasteiger partial charge in [0.05, 0.1) is 0 Å². The molecule has 1 heterocycles. The van der Waals surface area contributed by atoms with Crippen molar-refractivity contribution in [3.05, 3.63) is 52.3 Å². The number of para-hydroxylation sites is 1. The second-order valence-corrected chi connectivity index (χ2v) is 5.24. The molecule has 0 aliphatic heterocycles. The van der Waals surface area contributed by atoms with E-state index in [0.29, 0.717) is 0 Å². The summed E-state index contributed by atoms with van der Waals surface area (Å²) in [5, 5.41) is 0.754. The van der Waals surface area contributed by atoms with Crippen LogP contribution in [0, 0.1) is 0 Å². The number of allylic oxidation sites excluding steroid dienone is 1. The molecule has 0 spiro atoms. The topological polar surface area (TPSA) is 32.9 Å². The Morgan fingerprint density at radius 1 is 1.10 bits per heavy atom. The monoisotopic (exact) mass is 269 g/mol. The summed E-state index contributed by atoms with van der Waals surface area (Å²) in [7, 11) is 0. The van der Waals surface area contributed by atoms with Crippen molar-refractivity contribution >= 4 is 17.0 Å². The minimum atomic E-state index is 0.0851. The second kappa shape index (κ2) is 7.68. The molecule has 0 atom stereocenters. The summed E-state index contributed by atoms with van der Waals surface area (Å²) in [6.45, 7) is 2.23. The number of aromatic nitrogens is 1. The number of rotatable bonds is 7. The molecule has 2 rings (SSSR count). The third-order valence-electron chi connectivity index (χ3n) is 3.53. The minimum Gasteiger partial charge on any atom is -0.355 e. The molecule has 0 fully saturated rings. The van der Waals surface area contributed by atoms with Crippen LogP contribution in [-0.4, -0.2) is 4.98 Å². The van der Waals surface area contributed by atoms with E-state index in [2.05, 4.69) is 18.0 Å². The molecule has 0 radical (unpaired) electrons. The molecular weight excluding hydrogens is 246 g/mol. The number of pyridine rings is 1. The fourth-order valence-electron chi connectivity index (χ4n) is 2.38. The van der Waals surface area contributed by atoms with Crippen LogP contribution in [0.25, 0.3) is 17.0 Å². The van der Waals surface area contributed by atoms with E-state index >= 15 is 0 Å². The first-order chi connectivity index (χ1) is 9.81. The molecule has 106 valence electrons. The Morgan fingerprint density at radius 3 is 2.75 bits per heavy atom. The largest absolute Gasteiger partial charge is 0.355 e. The van der Waals surface area contributed by atoms with E-state index in [9.17, 15) is 4.79 Å². The van der Waals surface area contributed by atoms with E-state index in [1.165, 1.54) is 32.1 Å². The zero-order valence-corrected chi connectivity index (χ0v) is 12.2. The average molecular weight is 269 g/mol. The SMILES string of the molecule is CCCCCCCC=Cc1cc(=O)c2ccccc2[nH]1. The van der Waals surface area contributed by atoms with Crippen LogP contribution in [0.15, 0.2) is 41.2 Å². The zero-order valence-electron chi connectivity index (χ0n) is 12.2. The standard InChI is InChI=1S/C18H23NO/c1-2-3-4-5-6-7-8-11-15-14-18(20)16-12-9-10-13-17(16)19-15/h8-14H,2-7H2,1H3,(H,19,20). The Kier molecular flexibility index (Phi) is 5.60.